The van der Waals surface area contributed by atoms with Gasteiger partial charge >= 0.3 is 0 Å². The molecule has 2 heterocycles. The van der Waals surface area contributed by atoms with Crippen molar-refractivity contribution in [3.05, 3.63) is 88.7 Å². The fourth-order valence-corrected chi connectivity index (χ4v) is 3.78. The Kier molecular flexibility index (Phi) is 6.22. The number of benzene rings is 2. The number of carbonyl (C=O) groups excluding carboxylic acids is 1. The van der Waals surface area contributed by atoms with Gasteiger partial charge in [0.15, 0.2) is 11.0 Å². The molecule has 0 bridgehead atoms. The molecule has 4 aromatic rings. The highest BCUT2D eigenvalue weighted by Crippen LogP contribution is 2.28. The lowest BCUT2D eigenvalue weighted by molar-refractivity contribution is -0.384. The number of para-hydroxylation sites is 1. The van der Waals surface area contributed by atoms with E-state index in [9.17, 15) is 14.9 Å². The molecule has 2 aromatic carbocycles. The topological polar surface area (TPSA) is 116 Å². The molecule has 1 amide bonds. The van der Waals surface area contributed by atoms with Crippen molar-refractivity contribution in [1.82, 2.24) is 19.7 Å². The van der Waals surface area contributed by atoms with Gasteiger partial charge in [-0.3, -0.25) is 24.5 Å². The van der Waals surface area contributed by atoms with E-state index in [-0.39, 0.29) is 17.3 Å². The number of aryl methyl sites for hydroxylation is 1. The summed E-state index contributed by atoms with van der Waals surface area (Å²) < 4.78 is 1.87. The van der Waals surface area contributed by atoms with Crippen LogP contribution in [0.1, 0.15) is 5.56 Å². The second-order valence-electron chi connectivity index (χ2n) is 6.81. The van der Waals surface area contributed by atoms with E-state index < -0.39 is 4.92 Å². The summed E-state index contributed by atoms with van der Waals surface area (Å²) >= 11 is 1.22. The van der Waals surface area contributed by atoms with Crippen LogP contribution in [0.25, 0.3) is 17.1 Å². The third-order valence-corrected chi connectivity index (χ3v) is 5.53. The van der Waals surface area contributed by atoms with Crippen molar-refractivity contribution in [2.75, 3.05) is 11.1 Å². The lowest BCUT2D eigenvalue weighted by atomic mass is 10.2. The highest BCUT2D eigenvalue weighted by atomic mass is 32.2. The summed E-state index contributed by atoms with van der Waals surface area (Å²) in [6, 6.07) is 17.7. The number of amides is 1. The minimum Gasteiger partial charge on any atom is -0.325 e. The van der Waals surface area contributed by atoms with Gasteiger partial charge in [0.05, 0.1) is 16.4 Å². The molecule has 4 rings (SSSR count). The molecule has 0 aliphatic rings. The van der Waals surface area contributed by atoms with Crippen LogP contribution in [-0.2, 0) is 4.79 Å². The lowest BCUT2D eigenvalue weighted by Gasteiger charge is -2.11. The largest absolute Gasteiger partial charge is 0.325 e. The summed E-state index contributed by atoms with van der Waals surface area (Å²) in [5.41, 5.74) is 2.72. The number of hydrogen-bond acceptors (Lipinski definition) is 7. The molecular formula is C22H18N6O3S. The minimum absolute atomic E-state index is 0.0557. The van der Waals surface area contributed by atoms with E-state index in [0.717, 1.165) is 16.8 Å². The maximum absolute atomic E-state index is 12.6. The Labute approximate surface area is 187 Å². The van der Waals surface area contributed by atoms with E-state index in [1.54, 1.807) is 25.4 Å². The Hall–Kier alpha value is -4.05. The zero-order chi connectivity index (χ0) is 22.5. The van der Waals surface area contributed by atoms with Crippen LogP contribution in [0, 0.1) is 17.0 Å². The molecule has 0 unspecified atom stereocenters. The number of nitro groups is 1. The molecule has 0 spiro atoms. The van der Waals surface area contributed by atoms with Crippen LogP contribution in [0.4, 0.5) is 11.4 Å². The molecule has 10 heteroatoms. The van der Waals surface area contributed by atoms with Crippen LogP contribution < -0.4 is 5.32 Å². The van der Waals surface area contributed by atoms with Gasteiger partial charge in [0, 0.05) is 35.8 Å². The number of thioether (sulfide) groups is 1. The zero-order valence-corrected chi connectivity index (χ0v) is 17.8. The molecule has 160 valence electrons. The van der Waals surface area contributed by atoms with Gasteiger partial charge < -0.3 is 5.32 Å². The standard InChI is InChI=1S/C22H18N6O3S/c1-15-9-10-18(28(30)31)12-19(15)24-20(29)14-32-22-26-25-21(16-6-5-11-23-13-16)27(22)17-7-3-2-4-8-17/h2-13H,14H2,1H3,(H,24,29). The summed E-state index contributed by atoms with van der Waals surface area (Å²) in [5.74, 6) is 0.367. The second kappa shape index (κ2) is 9.40. The first-order valence-electron chi connectivity index (χ1n) is 9.62. The second-order valence-corrected chi connectivity index (χ2v) is 7.75. The van der Waals surface area contributed by atoms with Crippen LogP contribution in [0.2, 0.25) is 0 Å². The number of hydrogen-bond donors (Lipinski definition) is 1. The Bertz CT molecular complexity index is 1260. The number of aromatic nitrogens is 4. The monoisotopic (exact) mass is 446 g/mol. The predicted octanol–water partition coefficient (Wildman–Crippen LogP) is 4.28. The highest BCUT2D eigenvalue weighted by molar-refractivity contribution is 7.99. The van der Waals surface area contributed by atoms with Crippen molar-refractivity contribution < 1.29 is 9.72 Å². The first kappa shape index (κ1) is 21.2. The van der Waals surface area contributed by atoms with E-state index >= 15 is 0 Å². The van der Waals surface area contributed by atoms with Crippen molar-refractivity contribution >= 4 is 29.0 Å². The van der Waals surface area contributed by atoms with Crippen LogP contribution in [0.3, 0.4) is 0 Å². The summed E-state index contributed by atoms with van der Waals surface area (Å²) in [6.45, 7) is 1.78. The number of anilines is 1. The van der Waals surface area contributed by atoms with Gasteiger partial charge in [-0.2, -0.15) is 0 Å². The van der Waals surface area contributed by atoms with Gasteiger partial charge in [-0.05, 0) is 36.8 Å². The summed E-state index contributed by atoms with van der Waals surface area (Å²) in [7, 11) is 0. The van der Waals surface area contributed by atoms with Gasteiger partial charge in [0.25, 0.3) is 5.69 Å². The van der Waals surface area contributed by atoms with E-state index in [2.05, 4.69) is 20.5 Å². The molecule has 0 aliphatic heterocycles. The van der Waals surface area contributed by atoms with Gasteiger partial charge in [-0.1, -0.05) is 36.0 Å². The van der Waals surface area contributed by atoms with Crippen LogP contribution in [0.15, 0.2) is 78.2 Å². The van der Waals surface area contributed by atoms with Gasteiger partial charge in [-0.25, -0.2) is 0 Å². The number of non-ortho nitro benzene ring substituents is 1. The first-order valence-corrected chi connectivity index (χ1v) is 10.6. The average Bonchev–Trinajstić information content (AvgIpc) is 3.24. The molecular weight excluding hydrogens is 428 g/mol. The zero-order valence-electron chi connectivity index (χ0n) is 17.0. The Morgan fingerprint density at radius 3 is 2.66 bits per heavy atom. The maximum Gasteiger partial charge on any atom is 0.271 e. The smallest absolute Gasteiger partial charge is 0.271 e. The van der Waals surface area contributed by atoms with Crippen molar-refractivity contribution in [3.8, 4) is 17.1 Å². The summed E-state index contributed by atoms with van der Waals surface area (Å²) in [5, 5.41) is 22.9. The number of nitrogens with zero attached hydrogens (tertiary/aromatic N) is 5. The van der Waals surface area contributed by atoms with Crippen molar-refractivity contribution in [2.24, 2.45) is 0 Å². The van der Waals surface area contributed by atoms with Crippen molar-refractivity contribution in [3.63, 3.8) is 0 Å². The number of pyridine rings is 1. The van der Waals surface area contributed by atoms with Crippen LogP contribution in [-0.4, -0.2) is 36.3 Å². The molecule has 0 aliphatic carbocycles. The summed E-state index contributed by atoms with van der Waals surface area (Å²) in [4.78, 5) is 27.3. The summed E-state index contributed by atoms with van der Waals surface area (Å²) in [6.07, 6.45) is 3.39. The molecule has 0 radical (unpaired) electrons. The molecule has 0 atom stereocenters. The van der Waals surface area contributed by atoms with E-state index in [0.29, 0.717) is 16.7 Å². The third kappa shape index (κ3) is 4.65. The van der Waals surface area contributed by atoms with Gasteiger partial charge in [0.1, 0.15) is 0 Å². The molecule has 32 heavy (non-hydrogen) atoms. The van der Waals surface area contributed by atoms with Crippen LogP contribution >= 0.6 is 11.8 Å². The fourth-order valence-electron chi connectivity index (χ4n) is 3.03. The third-order valence-electron chi connectivity index (χ3n) is 4.61. The molecule has 9 nitrogen and oxygen atoms in total. The molecule has 2 aromatic heterocycles. The minimum atomic E-state index is -0.494. The van der Waals surface area contributed by atoms with Crippen molar-refractivity contribution in [1.29, 1.82) is 0 Å². The van der Waals surface area contributed by atoms with Gasteiger partial charge in [-0.15, -0.1) is 10.2 Å². The number of nitro benzene ring substituents is 1. The lowest BCUT2D eigenvalue weighted by Crippen LogP contribution is -2.15. The average molecular weight is 446 g/mol. The maximum atomic E-state index is 12.6. The van der Waals surface area contributed by atoms with Gasteiger partial charge in [0.2, 0.25) is 5.91 Å². The fraction of sp³-hybridized carbons (Fsp3) is 0.0909. The highest BCUT2D eigenvalue weighted by Gasteiger charge is 2.18. The van der Waals surface area contributed by atoms with Crippen molar-refractivity contribution in [2.45, 2.75) is 12.1 Å². The SMILES string of the molecule is Cc1ccc([N+](=O)[O-])cc1NC(=O)CSc1nnc(-c2cccnc2)n1-c1ccccc1. The van der Waals surface area contributed by atoms with E-state index in [1.165, 1.54) is 23.9 Å². The Morgan fingerprint density at radius 1 is 1.12 bits per heavy atom. The number of rotatable bonds is 7. The Balaban J connectivity index is 1.56. The molecule has 1 N–H and O–H groups in total. The normalized spacial score (nSPS) is 10.7. The number of nitrogens with one attached hydrogen (secondary N) is 1. The predicted molar refractivity (Wildman–Crippen MR) is 122 cm³/mol. The van der Waals surface area contributed by atoms with Crippen LogP contribution in [0.5, 0.6) is 0 Å². The quantitative estimate of drug-likeness (QED) is 0.256. The Morgan fingerprint density at radius 2 is 1.94 bits per heavy atom. The molecule has 0 fully saturated rings. The molecule has 0 saturated carbocycles. The number of carbonyl (C=O) groups is 1. The van der Waals surface area contributed by atoms with E-state index in [4.69, 9.17) is 0 Å². The first-order chi connectivity index (χ1) is 15.5. The molecule has 0 saturated heterocycles. The van der Waals surface area contributed by atoms with E-state index in [1.807, 2.05) is 47.0 Å².